The van der Waals surface area contributed by atoms with E-state index < -0.39 is 0 Å². The predicted octanol–water partition coefficient (Wildman–Crippen LogP) is 2.81. The van der Waals surface area contributed by atoms with E-state index in [1.165, 1.54) is 17.0 Å². The zero-order chi connectivity index (χ0) is 15.6. The van der Waals surface area contributed by atoms with E-state index in [1.807, 2.05) is 18.2 Å². The second kappa shape index (κ2) is 4.23. The van der Waals surface area contributed by atoms with Crippen LogP contribution in [0.2, 0.25) is 0 Å². The molecule has 0 saturated heterocycles. The molecule has 0 amide bonds. The monoisotopic (exact) mass is 303 g/mol. The average Bonchev–Trinajstić information content (AvgIpc) is 2.94. The summed E-state index contributed by atoms with van der Waals surface area (Å²) in [4.78, 5) is 20.8. The summed E-state index contributed by atoms with van der Waals surface area (Å²) in [5.41, 5.74) is 3.49. The second-order valence-electron chi connectivity index (χ2n) is 5.84. The summed E-state index contributed by atoms with van der Waals surface area (Å²) in [5.74, 6) is 0.628. The van der Waals surface area contributed by atoms with Crippen LogP contribution < -0.4 is 5.56 Å². The van der Waals surface area contributed by atoms with Crippen LogP contribution in [0.1, 0.15) is 5.56 Å². The van der Waals surface area contributed by atoms with Crippen molar-refractivity contribution in [1.29, 1.82) is 0 Å². The fourth-order valence-electron chi connectivity index (χ4n) is 3.52. The van der Waals surface area contributed by atoms with Gasteiger partial charge in [-0.2, -0.15) is 0 Å². The van der Waals surface area contributed by atoms with Crippen molar-refractivity contribution in [3.05, 3.63) is 58.4 Å². The van der Waals surface area contributed by atoms with Gasteiger partial charge < -0.3 is 10.1 Å². The van der Waals surface area contributed by atoms with Crippen LogP contribution in [0.4, 0.5) is 0 Å². The zero-order valence-corrected chi connectivity index (χ0v) is 12.2. The molecule has 0 atom stereocenters. The lowest BCUT2D eigenvalue weighted by Crippen LogP contribution is -2.27. The molecular weight excluding hydrogens is 290 g/mol. The number of para-hydroxylation sites is 1. The first-order chi connectivity index (χ1) is 11.2. The van der Waals surface area contributed by atoms with Gasteiger partial charge in [0, 0.05) is 17.4 Å². The number of nitrogens with zero attached hydrogens (tertiary/aromatic N) is 2. The molecule has 0 aliphatic carbocycles. The van der Waals surface area contributed by atoms with Gasteiger partial charge in [-0.15, -0.1) is 0 Å². The smallest absolute Gasteiger partial charge is 0.265 e. The topological polar surface area (TPSA) is 70.9 Å². The maximum Gasteiger partial charge on any atom is 0.265 e. The molecule has 2 aromatic carbocycles. The highest BCUT2D eigenvalue weighted by Gasteiger charge is 2.24. The lowest BCUT2D eigenvalue weighted by Gasteiger charge is -2.18. The number of rotatable bonds is 0. The van der Waals surface area contributed by atoms with E-state index in [0.29, 0.717) is 17.9 Å². The van der Waals surface area contributed by atoms with Crippen molar-refractivity contribution in [2.24, 2.45) is 0 Å². The third kappa shape index (κ3) is 1.56. The number of hydrogen-bond acceptors (Lipinski definition) is 3. The lowest BCUT2D eigenvalue weighted by molar-refractivity contribution is 0.480. The van der Waals surface area contributed by atoms with Crippen LogP contribution in [-0.4, -0.2) is 19.6 Å². The Morgan fingerprint density at radius 2 is 2.00 bits per heavy atom. The van der Waals surface area contributed by atoms with Crippen molar-refractivity contribution in [2.45, 2.75) is 13.0 Å². The van der Waals surface area contributed by atoms with Gasteiger partial charge in [0.1, 0.15) is 11.1 Å². The van der Waals surface area contributed by atoms with E-state index in [2.05, 4.69) is 16.0 Å². The minimum absolute atomic E-state index is 0.0160. The van der Waals surface area contributed by atoms with Crippen LogP contribution in [0.3, 0.4) is 0 Å². The van der Waals surface area contributed by atoms with E-state index in [9.17, 15) is 9.90 Å². The molecule has 23 heavy (non-hydrogen) atoms. The molecule has 2 aromatic heterocycles. The minimum Gasteiger partial charge on any atom is -0.507 e. The third-order valence-electron chi connectivity index (χ3n) is 4.58. The van der Waals surface area contributed by atoms with Crippen LogP contribution in [0, 0.1) is 0 Å². The Labute approximate surface area is 130 Å². The normalized spacial score (nSPS) is 13.2. The van der Waals surface area contributed by atoms with E-state index in [1.54, 1.807) is 16.7 Å². The Kier molecular flexibility index (Phi) is 2.29. The molecule has 1 aliphatic heterocycles. The fourth-order valence-corrected chi connectivity index (χ4v) is 3.52. The molecule has 0 bridgehead atoms. The Bertz CT molecular complexity index is 1150. The van der Waals surface area contributed by atoms with Crippen molar-refractivity contribution in [1.82, 2.24) is 14.5 Å². The molecule has 2 N–H and O–H groups in total. The standard InChI is InChI=1S/C18H13N3O2/c22-14-7-3-6-13-15(14)18(23)21-9-8-11-10-4-1-2-5-12(10)19-16(11)17(21)20-13/h1-7,19,22H,8-9H2. The summed E-state index contributed by atoms with van der Waals surface area (Å²) in [6, 6.07) is 13.1. The van der Waals surface area contributed by atoms with E-state index >= 15 is 0 Å². The molecule has 112 valence electrons. The number of aryl methyl sites for hydroxylation is 1. The molecular formula is C18H13N3O2. The number of phenols is 1. The molecule has 1 aliphatic rings. The number of fused-ring (bicyclic) bond motifs is 6. The number of benzene rings is 2. The minimum atomic E-state index is -0.188. The second-order valence-corrected chi connectivity index (χ2v) is 5.84. The van der Waals surface area contributed by atoms with Gasteiger partial charge in [0.15, 0.2) is 5.82 Å². The Morgan fingerprint density at radius 3 is 2.91 bits per heavy atom. The van der Waals surface area contributed by atoms with Gasteiger partial charge in [-0.25, -0.2) is 4.98 Å². The molecule has 3 heterocycles. The highest BCUT2D eigenvalue weighted by molar-refractivity contribution is 5.92. The summed E-state index contributed by atoms with van der Waals surface area (Å²) >= 11 is 0. The van der Waals surface area contributed by atoms with Gasteiger partial charge in [0.25, 0.3) is 5.56 Å². The summed E-state index contributed by atoms with van der Waals surface area (Å²) in [6.45, 7) is 0.570. The first-order valence-electron chi connectivity index (χ1n) is 7.56. The number of aromatic hydroxyl groups is 1. The fraction of sp³-hybridized carbons (Fsp3) is 0.111. The number of nitrogens with one attached hydrogen (secondary N) is 1. The Balaban J connectivity index is 1.93. The number of H-pyrrole nitrogens is 1. The predicted molar refractivity (Wildman–Crippen MR) is 88.7 cm³/mol. The van der Waals surface area contributed by atoms with Gasteiger partial charge in [-0.1, -0.05) is 24.3 Å². The molecule has 5 rings (SSSR count). The highest BCUT2D eigenvalue weighted by atomic mass is 16.3. The van der Waals surface area contributed by atoms with Gasteiger partial charge in [0.2, 0.25) is 0 Å². The third-order valence-corrected chi connectivity index (χ3v) is 4.58. The number of aromatic nitrogens is 3. The van der Waals surface area contributed by atoms with Crippen LogP contribution in [0.15, 0.2) is 47.3 Å². The highest BCUT2D eigenvalue weighted by Crippen LogP contribution is 2.33. The molecule has 0 spiro atoms. The van der Waals surface area contributed by atoms with Crippen molar-refractivity contribution >= 4 is 21.8 Å². The number of hydrogen-bond donors (Lipinski definition) is 2. The van der Waals surface area contributed by atoms with Crippen LogP contribution in [0.25, 0.3) is 33.3 Å². The number of phenolic OH excluding ortho intramolecular Hbond substituents is 1. The van der Waals surface area contributed by atoms with Crippen LogP contribution in [0.5, 0.6) is 5.75 Å². The first kappa shape index (κ1) is 12.5. The van der Waals surface area contributed by atoms with Crippen molar-refractivity contribution in [3.8, 4) is 17.3 Å². The van der Waals surface area contributed by atoms with Gasteiger partial charge in [-0.05, 0) is 30.2 Å². The zero-order valence-electron chi connectivity index (χ0n) is 12.2. The van der Waals surface area contributed by atoms with Crippen molar-refractivity contribution < 1.29 is 5.11 Å². The van der Waals surface area contributed by atoms with Gasteiger partial charge >= 0.3 is 0 Å². The lowest BCUT2D eigenvalue weighted by atomic mass is 10.0. The first-order valence-corrected chi connectivity index (χ1v) is 7.56. The maximum atomic E-state index is 12.8. The van der Waals surface area contributed by atoms with Crippen LogP contribution >= 0.6 is 0 Å². The van der Waals surface area contributed by atoms with Gasteiger partial charge in [0.05, 0.1) is 11.2 Å². The molecule has 0 saturated carbocycles. The SMILES string of the molecule is O=c1c2c(O)cccc2nc2n1CCc1c-2[nH]c2ccccc12. The molecule has 0 unspecified atom stereocenters. The summed E-state index contributed by atoms with van der Waals surface area (Å²) in [7, 11) is 0. The van der Waals surface area contributed by atoms with Gasteiger partial charge in [-0.3, -0.25) is 9.36 Å². The maximum absolute atomic E-state index is 12.8. The molecule has 5 heteroatoms. The molecule has 0 fully saturated rings. The molecule has 0 radical (unpaired) electrons. The van der Waals surface area contributed by atoms with E-state index in [4.69, 9.17) is 0 Å². The summed E-state index contributed by atoms with van der Waals surface area (Å²) in [6.07, 6.45) is 0.771. The average molecular weight is 303 g/mol. The molecule has 5 nitrogen and oxygen atoms in total. The van der Waals surface area contributed by atoms with Crippen molar-refractivity contribution in [2.75, 3.05) is 0 Å². The quantitative estimate of drug-likeness (QED) is 0.525. The Hall–Kier alpha value is -3.08. The summed E-state index contributed by atoms with van der Waals surface area (Å²) in [5, 5.41) is 11.5. The molecule has 4 aromatic rings. The van der Waals surface area contributed by atoms with E-state index in [-0.39, 0.29) is 16.7 Å². The van der Waals surface area contributed by atoms with Crippen LogP contribution in [-0.2, 0) is 13.0 Å². The van der Waals surface area contributed by atoms with Crippen molar-refractivity contribution in [3.63, 3.8) is 0 Å². The Morgan fingerprint density at radius 1 is 1.13 bits per heavy atom. The largest absolute Gasteiger partial charge is 0.507 e. The summed E-state index contributed by atoms with van der Waals surface area (Å²) < 4.78 is 1.65. The van der Waals surface area contributed by atoms with E-state index in [0.717, 1.165) is 17.6 Å². The number of aromatic amines is 1.